The van der Waals surface area contributed by atoms with Crippen LogP contribution in [0.25, 0.3) is 0 Å². The molecule has 0 spiro atoms. The lowest BCUT2D eigenvalue weighted by Gasteiger charge is -2.26. The molecule has 1 aliphatic heterocycles. The number of nitrogens with zero attached hydrogens (tertiary/aromatic N) is 2. The molecule has 5 nitrogen and oxygen atoms in total. The molecule has 0 aromatic heterocycles. The van der Waals surface area contributed by atoms with Crippen LogP contribution in [0.5, 0.6) is 0 Å². The molecule has 1 heterocycles. The van der Waals surface area contributed by atoms with Crippen LogP contribution in [0, 0.1) is 0 Å². The lowest BCUT2D eigenvalue weighted by atomic mass is 10.2. The molecule has 0 N–H and O–H groups in total. The van der Waals surface area contributed by atoms with Crippen molar-refractivity contribution in [3.8, 4) is 0 Å². The molecule has 1 atom stereocenters. The van der Waals surface area contributed by atoms with Gasteiger partial charge in [0.05, 0.1) is 6.26 Å². The summed E-state index contributed by atoms with van der Waals surface area (Å²) in [6, 6.07) is -0.0496. The molecule has 1 unspecified atom stereocenters. The maximum atomic E-state index is 11.9. The topological polar surface area (TPSA) is 57.7 Å². The van der Waals surface area contributed by atoms with Crippen LogP contribution in [-0.2, 0) is 14.8 Å². The van der Waals surface area contributed by atoms with Crippen molar-refractivity contribution in [2.24, 2.45) is 0 Å². The summed E-state index contributed by atoms with van der Waals surface area (Å²) in [6.07, 6.45) is 4.38. The van der Waals surface area contributed by atoms with Gasteiger partial charge in [-0.15, -0.1) is 0 Å². The fourth-order valence-corrected chi connectivity index (χ4v) is 3.47. The van der Waals surface area contributed by atoms with Gasteiger partial charge < -0.3 is 4.90 Å². The van der Waals surface area contributed by atoms with Gasteiger partial charge in [0, 0.05) is 32.1 Å². The summed E-state index contributed by atoms with van der Waals surface area (Å²) < 4.78 is 24.8. The number of likely N-dealkylation sites (tertiary alicyclic amines) is 1. The van der Waals surface area contributed by atoms with E-state index < -0.39 is 10.0 Å². The highest BCUT2D eigenvalue weighted by Gasteiger charge is 2.24. The molecule has 0 aromatic carbocycles. The van der Waals surface area contributed by atoms with E-state index >= 15 is 0 Å². The monoisotopic (exact) mass is 276 g/mol. The summed E-state index contributed by atoms with van der Waals surface area (Å²) in [5.41, 5.74) is 0. The van der Waals surface area contributed by atoms with E-state index in [4.69, 9.17) is 0 Å². The minimum absolute atomic E-state index is 0.0496. The Labute approximate surface area is 110 Å². The molecule has 1 rings (SSSR count). The van der Waals surface area contributed by atoms with Crippen molar-refractivity contribution in [3.05, 3.63) is 0 Å². The maximum Gasteiger partial charge on any atom is 0.223 e. The summed E-state index contributed by atoms with van der Waals surface area (Å²) in [7, 11) is -3.23. The normalized spacial score (nSPS) is 18.3. The van der Waals surface area contributed by atoms with E-state index in [2.05, 4.69) is 0 Å². The highest BCUT2D eigenvalue weighted by atomic mass is 32.2. The number of sulfonamides is 1. The van der Waals surface area contributed by atoms with Gasteiger partial charge in [0.25, 0.3) is 0 Å². The van der Waals surface area contributed by atoms with Gasteiger partial charge in [-0.2, -0.15) is 4.31 Å². The van der Waals surface area contributed by atoms with E-state index in [1.54, 1.807) is 0 Å². The fourth-order valence-electron chi connectivity index (χ4n) is 2.25. The molecule has 0 radical (unpaired) electrons. The van der Waals surface area contributed by atoms with Crippen LogP contribution in [-0.4, -0.2) is 55.5 Å². The van der Waals surface area contributed by atoms with Crippen LogP contribution in [0.1, 0.15) is 39.5 Å². The van der Waals surface area contributed by atoms with E-state index in [1.807, 2.05) is 18.7 Å². The number of amides is 1. The molecule has 1 saturated heterocycles. The summed E-state index contributed by atoms with van der Waals surface area (Å²) in [4.78, 5) is 13.7. The first-order valence-electron chi connectivity index (χ1n) is 6.61. The Balaban J connectivity index is 2.54. The largest absolute Gasteiger partial charge is 0.343 e. The quantitative estimate of drug-likeness (QED) is 0.729. The predicted molar refractivity (Wildman–Crippen MR) is 71.7 cm³/mol. The maximum absolute atomic E-state index is 11.9. The molecule has 0 bridgehead atoms. The second-order valence-electron chi connectivity index (χ2n) is 4.97. The molecular formula is C12H24N2O3S. The molecule has 1 amide bonds. The summed E-state index contributed by atoms with van der Waals surface area (Å²) in [5, 5.41) is 0. The summed E-state index contributed by atoms with van der Waals surface area (Å²) in [6.45, 7) is 5.76. The third kappa shape index (κ3) is 4.24. The van der Waals surface area contributed by atoms with Crippen LogP contribution >= 0.6 is 0 Å². The molecule has 1 aliphatic rings. The molecule has 0 aliphatic carbocycles. The molecule has 0 aromatic rings. The van der Waals surface area contributed by atoms with Crippen molar-refractivity contribution < 1.29 is 13.2 Å². The van der Waals surface area contributed by atoms with Gasteiger partial charge in [-0.1, -0.05) is 6.92 Å². The molecule has 1 fully saturated rings. The second-order valence-corrected chi connectivity index (χ2v) is 6.90. The van der Waals surface area contributed by atoms with E-state index in [-0.39, 0.29) is 18.4 Å². The van der Waals surface area contributed by atoms with Crippen LogP contribution < -0.4 is 0 Å². The van der Waals surface area contributed by atoms with Crippen molar-refractivity contribution in [3.63, 3.8) is 0 Å². The Morgan fingerprint density at radius 2 is 1.89 bits per heavy atom. The molecule has 18 heavy (non-hydrogen) atoms. The molecule has 0 saturated carbocycles. The zero-order valence-electron chi connectivity index (χ0n) is 11.6. The highest BCUT2D eigenvalue weighted by molar-refractivity contribution is 7.88. The van der Waals surface area contributed by atoms with Gasteiger partial charge >= 0.3 is 0 Å². The number of rotatable bonds is 6. The lowest BCUT2D eigenvalue weighted by molar-refractivity contribution is -0.130. The average Bonchev–Trinajstić information content (AvgIpc) is 2.80. The van der Waals surface area contributed by atoms with E-state index in [9.17, 15) is 13.2 Å². The standard InChI is InChI=1S/C12H24N2O3S/c1-4-11(2)14(18(3,16)17)10-7-12(15)13-8-5-6-9-13/h11H,4-10H2,1-3H3. The van der Waals surface area contributed by atoms with Crippen LogP contribution in [0.3, 0.4) is 0 Å². The van der Waals surface area contributed by atoms with E-state index in [0.717, 1.165) is 32.4 Å². The van der Waals surface area contributed by atoms with Crippen molar-refractivity contribution in [2.45, 2.75) is 45.6 Å². The Bertz CT molecular complexity index is 375. The number of carbonyl (C=O) groups excluding carboxylic acids is 1. The Hall–Kier alpha value is -0.620. The Kier molecular flexibility index (Phi) is 5.59. The van der Waals surface area contributed by atoms with Gasteiger partial charge in [-0.25, -0.2) is 8.42 Å². The zero-order valence-corrected chi connectivity index (χ0v) is 12.4. The highest BCUT2D eigenvalue weighted by Crippen LogP contribution is 2.13. The van der Waals surface area contributed by atoms with Gasteiger partial charge in [0.1, 0.15) is 0 Å². The minimum Gasteiger partial charge on any atom is -0.343 e. The molecule has 6 heteroatoms. The van der Waals surface area contributed by atoms with Crippen LogP contribution in [0.15, 0.2) is 0 Å². The van der Waals surface area contributed by atoms with Gasteiger partial charge in [0.15, 0.2) is 0 Å². The smallest absolute Gasteiger partial charge is 0.223 e. The zero-order chi connectivity index (χ0) is 13.8. The van der Waals surface area contributed by atoms with E-state index in [0.29, 0.717) is 6.54 Å². The summed E-state index contributed by atoms with van der Waals surface area (Å²) in [5.74, 6) is 0.0736. The Morgan fingerprint density at radius 3 is 2.33 bits per heavy atom. The molecule has 106 valence electrons. The van der Waals surface area contributed by atoms with E-state index in [1.165, 1.54) is 10.6 Å². The first-order valence-corrected chi connectivity index (χ1v) is 8.45. The first kappa shape index (κ1) is 15.4. The number of hydrogen-bond acceptors (Lipinski definition) is 3. The van der Waals surface area contributed by atoms with Crippen LogP contribution in [0.2, 0.25) is 0 Å². The second kappa shape index (κ2) is 6.52. The Morgan fingerprint density at radius 1 is 1.33 bits per heavy atom. The average molecular weight is 276 g/mol. The predicted octanol–water partition coefficient (Wildman–Crippen LogP) is 1.06. The van der Waals surface area contributed by atoms with Gasteiger partial charge in [0.2, 0.25) is 15.9 Å². The third-order valence-electron chi connectivity index (χ3n) is 3.51. The number of hydrogen-bond donors (Lipinski definition) is 0. The lowest BCUT2D eigenvalue weighted by Crippen LogP contribution is -2.40. The van der Waals surface area contributed by atoms with Gasteiger partial charge in [-0.3, -0.25) is 4.79 Å². The van der Waals surface area contributed by atoms with Crippen molar-refractivity contribution in [1.29, 1.82) is 0 Å². The van der Waals surface area contributed by atoms with Crippen molar-refractivity contribution in [2.75, 3.05) is 25.9 Å². The third-order valence-corrected chi connectivity index (χ3v) is 4.91. The number of carbonyl (C=O) groups is 1. The van der Waals surface area contributed by atoms with Crippen molar-refractivity contribution in [1.82, 2.24) is 9.21 Å². The van der Waals surface area contributed by atoms with Crippen LogP contribution in [0.4, 0.5) is 0 Å². The van der Waals surface area contributed by atoms with Gasteiger partial charge in [-0.05, 0) is 26.2 Å². The molecular weight excluding hydrogens is 252 g/mol. The minimum atomic E-state index is -3.23. The summed E-state index contributed by atoms with van der Waals surface area (Å²) >= 11 is 0. The fraction of sp³-hybridized carbons (Fsp3) is 0.917. The first-order chi connectivity index (χ1) is 8.36. The van der Waals surface area contributed by atoms with Crippen molar-refractivity contribution >= 4 is 15.9 Å². The SMILES string of the molecule is CCC(C)N(CCC(=O)N1CCCC1)S(C)(=O)=O.